The number of hydrogen-bond donors (Lipinski definition) is 2. The first-order valence-corrected chi connectivity index (χ1v) is 9.39. The lowest BCUT2D eigenvalue weighted by molar-refractivity contribution is 0.165. The highest BCUT2D eigenvalue weighted by Gasteiger charge is 2.23. The van der Waals surface area contributed by atoms with Crippen molar-refractivity contribution in [2.75, 3.05) is 30.3 Å². The van der Waals surface area contributed by atoms with E-state index in [1.165, 1.54) is 19.3 Å². The maximum absolute atomic E-state index is 9.31. The highest BCUT2D eigenvalue weighted by atomic mass is 16.3. The summed E-state index contributed by atoms with van der Waals surface area (Å²) in [5.74, 6) is 0.479. The molecule has 3 N–H and O–H groups in total. The van der Waals surface area contributed by atoms with Gasteiger partial charge in [0, 0.05) is 31.3 Å². The molecule has 24 heavy (non-hydrogen) atoms. The third-order valence-electron chi connectivity index (χ3n) is 5.82. The van der Waals surface area contributed by atoms with Crippen LogP contribution in [-0.4, -0.2) is 34.6 Å². The van der Waals surface area contributed by atoms with Gasteiger partial charge in [-0.1, -0.05) is 0 Å². The van der Waals surface area contributed by atoms with E-state index in [4.69, 9.17) is 10.8 Å². The molecule has 2 fully saturated rings. The number of aliphatic hydroxyl groups excluding tert-OH is 1. The Hall–Kier alpha value is -1.75. The first-order chi connectivity index (χ1) is 11.7. The smallest absolute Gasteiger partial charge is 0.0945 e. The molecule has 4 rings (SSSR count). The zero-order valence-corrected chi connectivity index (χ0v) is 14.3. The average Bonchev–Trinajstić information content (AvgIpc) is 3.04. The van der Waals surface area contributed by atoms with Gasteiger partial charge in [0.1, 0.15) is 0 Å². The maximum atomic E-state index is 9.31. The van der Waals surface area contributed by atoms with E-state index >= 15 is 0 Å². The molecule has 1 aliphatic carbocycles. The summed E-state index contributed by atoms with van der Waals surface area (Å²) in [6, 6.07) is 4.72. The first-order valence-electron chi connectivity index (χ1n) is 9.39. The molecule has 2 aromatic rings. The molecular weight excluding hydrogens is 300 g/mol. The van der Waals surface area contributed by atoms with Crippen LogP contribution in [0.4, 0.5) is 11.4 Å². The Bertz CT molecular complexity index is 697. The molecule has 0 spiro atoms. The van der Waals surface area contributed by atoms with Gasteiger partial charge in [-0.2, -0.15) is 5.10 Å². The van der Waals surface area contributed by atoms with E-state index in [0.29, 0.717) is 18.6 Å². The van der Waals surface area contributed by atoms with Gasteiger partial charge in [0.15, 0.2) is 0 Å². The van der Waals surface area contributed by atoms with E-state index in [9.17, 15) is 5.11 Å². The largest absolute Gasteiger partial charge is 0.397 e. The van der Waals surface area contributed by atoms with Crippen LogP contribution in [0.1, 0.15) is 51.0 Å². The SMILES string of the molecule is Nc1cc2cn([C@H]3CC[C@H](CO)CC3)nc2cc1N1CCCCC1. The van der Waals surface area contributed by atoms with Crippen molar-refractivity contribution in [2.45, 2.75) is 51.0 Å². The second-order valence-corrected chi connectivity index (χ2v) is 7.48. The van der Waals surface area contributed by atoms with Gasteiger partial charge < -0.3 is 15.7 Å². The topological polar surface area (TPSA) is 67.3 Å². The van der Waals surface area contributed by atoms with Crippen molar-refractivity contribution in [1.82, 2.24) is 9.78 Å². The van der Waals surface area contributed by atoms with Crippen molar-refractivity contribution in [3.63, 3.8) is 0 Å². The summed E-state index contributed by atoms with van der Waals surface area (Å²) >= 11 is 0. The van der Waals surface area contributed by atoms with Crippen molar-refractivity contribution < 1.29 is 5.11 Å². The second-order valence-electron chi connectivity index (χ2n) is 7.48. The van der Waals surface area contributed by atoms with Gasteiger partial charge in [0.25, 0.3) is 0 Å². The van der Waals surface area contributed by atoms with Crippen LogP contribution in [0.25, 0.3) is 10.9 Å². The van der Waals surface area contributed by atoms with E-state index in [1.54, 1.807) is 0 Å². The predicted octanol–water partition coefficient (Wildman–Crippen LogP) is 3.33. The number of aromatic nitrogens is 2. The van der Waals surface area contributed by atoms with Gasteiger partial charge >= 0.3 is 0 Å². The molecule has 0 bridgehead atoms. The number of nitrogen functional groups attached to an aromatic ring is 1. The fourth-order valence-corrected chi connectivity index (χ4v) is 4.29. The Morgan fingerprint density at radius 2 is 1.83 bits per heavy atom. The molecule has 1 aromatic carbocycles. The summed E-state index contributed by atoms with van der Waals surface area (Å²) in [4.78, 5) is 2.41. The number of fused-ring (bicyclic) bond motifs is 1. The molecule has 5 heteroatoms. The zero-order valence-electron chi connectivity index (χ0n) is 14.3. The summed E-state index contributed by atoms with van der Waals surface area (Å²) in [6.45, 7) is 2.52. The van der Waals surface area contributed by atoms with Gasteiger partial charge in [-0.05, 0) is 63.0 Å². The quantitative estimate of drug-likeness (QED) is 0.848. The Labute approximate surface area is 143 Å². The van der Waals surface area contributed by atoms with Crippen LogP contribution in [0, 0.1) is 5.92 Å². The normalized spacial score (nSPS) is 25.3. The number of nitrogens with zero attached hydrogens (tertiary/aromatic N) is 3. The minimum absolute atomic E-state index is 0.323. The zero-order chi connectivity index (χ0) is 16.5. The lowest BCUT2D eigenvalue weighted by Gasteiger charge is -2.29. The van der Waals surface area contributed by atoms with E-state index < -0.39 is 0 Å². The summed E-state index contributed by atoms with van der Waals surface area (Å²) in [5.41, 5.74) is 9.40. The monoisotopic (exact) mass is 328 g/mol. The number of nitrogens with two attached hydrogens (primary N) is 1. The average molecular weight is 328 g/mol. The van der Waals surface area contributed by atoms with Crippen LogP contribution < -0.4 is 10.6 Å². The third kappa shape index (κ3) is 2.97. The summed E-state index contributed by atoms with van der Waals surface area (Å²) in [5, 5.41) is 15.3. The molecule has 5 nitrogen and oxygen atoms in total. The predicted molar refractivity (Wildman–Crippen MR) is 98.3 cm³/mol. The van der Waals surface area contributed by atoms with Crippen molar-refractivity contribution in [1.29, 1.82) is 0 Å². The summed E-state index contributed by atoms with van der Waals surface area (Å²) in [6.07, 6.45) is 10.4. The van der Waals surface area contributed by atoms with Crippen LogP contribution in [0.5, 0.6) is 0 Å². The van der Waals surface area contributed by atoms with Gasteiger partial charge in [0.2, 0.25) is 0 Å². The summed E-state index contributed by atoms with van der Waals surface area (Å²) < 4.78 is 2.14. The number of benzene rings is 1. The molecule has 2 heterocycles. The van der Waals surface area contributed by atoms with E-state index in [1.807, 2.05) is 0 Å². The van der Waals surface area contributed by atoms with Crippen LogP contribution in [-0.2, 0) is 0 Å². The molecule has 0 radical (unpaired) electrons. The van der Waals surface area contributed by atoms with Crippen molar-refractivity contribution in [3.8, 4) is 0 Å². The minimum atomic E-state index is 0.323. The van der Waals surface area contributed by atoms with E-state index in [-0.39, 0.29) is 0 Å². The van der Waals surface area contributed by atoms with Crippen molar-refractivity contribution in [2.24, 2.45) is 5.92 Å². The number of anilines is 2. The molecule has 1 aliphatic heterocycles. The highest BCUT2D eigenvalue weighted by molar-refractivity contribution is 5.89. The molecule has 130 valence electrons. The number of rotatable bonds is 3. The Kier molecular flexibility index (Phi) is 4.35. The molecule has 2 aliphatic rings. The molecule has 1 saturated carbocycles. The van der Waals surface area contributed by atoms with Gasteiger partial charge in [-0.3, -0.25) is 4.68 Å². The number of piperidine rings is 1. The molecule has 1 aromatic heterocycles. The van der Waals surface area contributed by atoms with Gasteiger partial charge in [0.05, 0.1) is 22.9 Å². The molecule has 0 amide bonds. The highest BCUT2D eigenvalue weighted by Crippen LogP contribution is 2.34. The van der Waals surface area contributed by atoms with Crippen LogP contribution in [0.15, 0.2) is 18.3 Å². The number of aliphatic hydroxyl groups is 1. The Morgan fingerprint density at radius 1 is 1.08 bits per heavy atom. The van der Waals surface area contributed by atoms with Crippen molar-refractivity contribution in [3.05, 3.63) is 18.3 Å². The molecular formula is C19H28N4O. The maximum Gasteiger partial charge on any atom is 0.0945 e. The van der Waals surface area contributed by atoms with Crippen molar-refractivity contribution >= 4 is 22.3 Å². The lowest BCUT2D eigenvalue weighted by Crippen LogP contribution is -2.29. The van der Waals surface area contributed by atoms with E-state index in [0.717, 1.165) is 61.1 Å². The van der Waals surface area contributed by atoms with Gasteiger partial charge in [-0.25, -0.2) is 0 Å². The lowest BCUT2D eigenvalue weighted by atomic mass is 9.87. The van der Waals surface area contributed by atoms with Crippen LogP contribution in [0.2, 0.25) is 0 Å². The molecule has 0 atom stereocenters. The van der Waals surface area contributed by atoms with E-state index in [2.05, 4.69) is 27.9 Å². The molecule has 0 unspecified atom stereocenters. The first kappa shape index (κ1) is 15.8. The second kappa shape index (κ2) is 6.63. The third-order valence-corrected chi connectivity index (χ3v) is 5.82. The summed E-state index contributed by atoms with van der Waals surface area (Å²) in [7, 11) is 0. The Balaban J connectivity index is 1.59. The van der Waals surface area contributed by atoms with Crippen LogP contribution in [0.3, 0.4) is 0 Å². The van der Waals surface area contributed by atoms with Gasteiger partial charge in [-0.15, -0.1) is 0 Å². The standard InChI is InChI=1S/C19H28N4O/c20-17-10-15-12-23(16-6-4-14(13-24)5-7-16)21-18(15)11-19(17)22-8-2-1-3-9-22/h10-12,14,16,24H,1-9,13,20H2/t14-,16-. The number of hydrogen-bond acceptors (Lipinski definition) is 4. The fourth-order valence-electron chi connectivity index (χ4n) is 4.29. The Morgan fingerprint density at radius 3 is 2.54 bits per heavy atom. The molecule has 1 saturated heterocycles. The fraction of sp³-hybridized carbons (Fsp3) is 0.632. The minimum Gasteiger partial charge on any atom is -0.397 e. The van der Waals surface area contributed by atoms with Crippen LogP contribution >= 0.6 is 0 Å².